The van der Waals surface area contributed by atoms with Crippen molar-refractivity contribution in [2.24, 2.45) is 50.7 Å². The normalized spacial score (nSPS) is 46.4. The number of nitrogens with zero attached hydrogens (tertiary/aromatic N) is 2. The standard InChI is InChI=1S/C39H56N2O2/c1-34(2)28-13-18-36(4)29(35(28,3)20-16-32(34)42)14-19-37(5)30(36)15-21-39(17-9-12-31(37)39)33(43)41-24-22-38(26-40,23-25-41)27-10-7-6-8-11-27/h6-8,10-11,28-32,42H,9,12-25H2,1-5H3/t28?,29?,30?,31?,32?,35-,36+,37-,39-/m0/s1. The minimum atomic E-state index is -0.472. The molecule has 1 saturated heterocycles. The summed E-state index contributed by atoms with van der Waals surface area (Å²) in [6, 6.07) is 12.9. The Hall–Kier alpha value is -1.86. The SMILES string of the molecule is CC1(C)C(O)CC[C@@]2(C)C1CC[C@]1(C)C2CC[C@]2(C)C3CCC[C@]3(C(=O)N3CCC(C#N)(c4ccccc4)CC3)CCC12. The van der Waals surface area contributed by atoms with Gasteiger partial charge in [-0.3, -0.25) is 4.79 Å². The molecule has 1 N–H and O–H groups in total. The van der Waals surface area contributed by atoms with Gasteiger partial charge in [-0.05, 0) is 128 Å². The minimum absolute atomic E-state index is 0.00718. The predicted molar refractivity (Wildman–Crippen MR) is 171 cm³/mol. The Morgan fingerprint density at radius 1 is 0.744 bits per heavy atom. The first-order valence-electron chi connectivity index (χ1n) is 17.8. The van der Waals surface area contributed by atoms with Crippen molar-refractivity contribution in [2.75, 3.05) is 13.1 Å². The van der Waals surface area contributed by atoms with Crippen molar-refractivity contribution in [2.45, 2.75) is 130 Å². The first-order valence-corrected chi connectivity index (χ1v) is 17.8. The maximum Gasteiger partial charge on any atom is 0.229 e. The number of hydrogen-bond donors (Lipinski definition) is 1. The second-order valence-corrected chi connectivity index (χ2v) is 17.6. The first-order chi connectivity index (χ1) is 20.4. The molecule has 1 aliphatic heterocycles. The molecular weight excluding hydrogens is 528 g/mol. The molecule has 43 heavy (non-hydrogen) atoms. The minimum Gasteiger partial charge on any atom is -0.393 e. The number of aliphatic hydroxyl groups excluding tert-OH is 1. The Bertz CT molecular complexity index is 1290. The highest BCUT2D eigenvalue weighted by molar-refractivity contribution is 5.84. The van der Waals surface area contributed by atoms with Crippen LogP contribution in [-0.4, -0.2) is 35.1 Å². The van der Waals surface area contributed by atoms with E-state index in [0.717, 1.165) is 37.7 Å². The third-order valence-electron chi connectivity index (χ3n) is 16.0. The van der Waals surface area contributed by atoms with Crippen molar-refractivity contribution >= 4 is 5.91 Å². The van der Waals surface area contributed by atoms with Gasteiger partial charge in [0.05, 0.1) is 23.0 Å². The van der Waals surface area contributed by atoms with Gasteiger partial charge in [-0.2, -0.15) is 5.26 Å². The predicted octanol–water partition coefficient (Wildman–Crippen LogP) is 8.29. The topological polar surface area (TPSA) is 64.3 Å². The zero-order chi connectivity index (χ0) is 30.5. The van der Waals surface area contributed by atoms with E-state index in [-0.39, 0.29) is 22.3 Å². The highest BCUT2D eigenvalue weighted by atomic mass is 16.3. The van der Waals surface area contributed by atoms with E-state index in [4.69, 9.17) is 0 Å². The summed E-state index contributed by atoms with van der Waals surface area (Å²) in [7, 11) is 0. The Balaban J connectivity index is 1.14. The summed E-state index contributed by atoms with van der Waals surface area (Å²) >= 11 is 0. The van der Waals surface area contributed by atoms with Gasteiger partial charge in [0.25, 0.3) is 0 Å². The van der Waals surface area contributed by atoms with E-state index >= 15 is 0 Å². The number of hydrogen-bond acceptors (Lipinski definition) is 3. The van der Waals surface area contributed by atoms with Gasteiger partial charge in [-0.1, -0.05) is 71.4 Å². The van der Waals surface area contributed by atoms with Crippen LogP contribution in [0, 0.1) is 62.1 Å². The number of fused-ring (bicyclic) bond motifs is 7. The Kier molecular flexibility index (Phi) is 6.81. The second-order valence-electron chi connectivity index (χ2n) is 17.6. The number of carbonyl (C=O) groups is 1. The fraction of sp³-hybridized carbons (Fsp3) is 0.795. The zero-order valence-corrected chi connectivity index (χ0v) is 27.6. The molecule has 1 heterocycles. The maximum absolute atomic E-state index is 14.7. The van der Waals surface area contributed by atoms with Crippen LogP contribution in [0.2, 0.25) is 0 Å². The van der Waals surface area contributed by atoms with Gasteiger partial charge in [0, 0.05) is 13.1 Å². The van der Waals surface area contributed by atoms with Gasteiger partial charge in [-0.25, -0.2) is 0 Å². The fourth-order valence-corrected chi connectivity index (χ4v) is 13.8. The van der Waals surface area contributed by atoms with Crippen LogP contribution < -0.4 is 0 Å². The number of likely N-dealkylation sites (tertiary alicyclic amines) is 1. The van der Waals surface area contributed by atoms with Crippen LogP contribution in [0.4, 0.5) is 0 Å². The zero-order valence-electron chi connectivity index (χ0n) is 27.6. The molecule has 5 saturated carbocycles. The number of nitriles is 1. The van der Waals surface area contributed by atoms with Crippen molar-refractivity contribution < 1.29 is 9.90 Å². The molecular formula is C39H56N2O2. The molecule has 1 aromatic carbocycles. The number of aliphatic hydroxyl groups is 1. The first kappa shape index (κ1) is 29.8. The lowest BCUT2D eigenvalue weighted by Crippen LogP contribution is -2.66. The van der Waals surface area contributed by atoms with E-state index in [0.29, 0.717) is 53.5 Å². The van der Waals surface area contributed by atoms with Crippen LogP contribution in [0.5, 0.6) is 0 Å². The molecule has 0 aromatic heterocycles. The number of amides is 1. The van der Waals surface area contributed by atoms with Crippen molar-refractivity contribution in [3.8, 4) is 6.07 Å². The molecule has 6 fully saturated rings. The number of carbonyl (C=O) groups excluding carboxylic acids is 1. The molecule has 5 aliphatic carbocycles. The van der Waals surface area contributed by atoms with E-state index in [1.165, 1.54) is 51.4 Å². The summed E-state index contributed by atoms with van der Waals surface area (Å²) in [5.74, 6) is 2.90. The van der Waals surface area contributed by atoms with Gasteiger partial charge >= 0.3 is 0 Å². The summed E-state index contributed by atoms with van der Waals surface area (Å²) in [4.78, 5) is 16.9. The van der Waals surface area contributed by atoms with E-state index < -0.39 is 5.41 Å². The largest absolute Gasteiger partial charge is 0.393 e. The van der Waals surface area contributed by atoms with Crippen LogP contribution in [0.15, 0.2) is 30.3 Å². The molecule has 7 rings (SSSR count). The van der Waals surface area contributed by atoms with Gasteiger partial charge in [0.2, 0.25) is 5.91 Å². The summed E-state index contributed by atoms with van der Waals surface area (Å²) < 4.78 is 0. The van der Waals surface area contributed by atoms with Gasteiger partial charge in [0.15, 0.2) is 0 Å². The molecule has 4 heteroatoms. The average Bonchev–Trinajstić information content (AvgIpc) is 3.46. The number of benzene rings is 1. The van der Waals surface area contributed by atoms with Crippen LogP contribution in [-0.2, 0) is 10.2 Å². The molecule has 4 nitrogen and oxygen atoms in total. The number of rotatable bonds is 2. The Morgan fingerprint density at radius 3 is 1.95 bits per heavy atom. The van der Waals surface area contributed by atoms with Crippen LogP contribution in [0.1, 0.15) is 124 Å². The van der Waals surface area contributed by atoms with E-state index in [9.17, 15) is 15.2 Å². The molecule has 0 radical (unpaired) electrons. The van der Waals surface area contributed by atoms with Crippen molar-refractivity contribution in [3.05, 3.63) is 35.9 Å². The van der Waals surface area contributed by atoms with E-state index in [2.05, 4.69) is 57.7 Å². The molecule has 5 unspecified atom stereocenters. The summed E-state index contributed by atoms with van der Waals surface area (Å²) in [6.07, 6.45) is 14.2. The Labute approximate surface area is 261 Å². The molecule has 0 bridgehead atoms. The van der Waals surface area contributed by atoms with Crippen LogP contribution in [0.25, 0.3) is 0 Å². The van der Waals surface area contributed by atoms with Crippen LogP contribution in [0.3, 0.4) is 0 Å². The molecule has 1 amide bonds. The highest BCUT2D eigenvalue weighted by Gasteiger charge is 2.70. The lowest BCUT2D eigenvalue weighted by Gasteiger charge is -2.71. The monoisotopic (exact) mass is 584 g/mol. The van der Waals surface area contributed by atoms with Crippen LogP contribution >= 0.6 is 0 Å². The summed E-state index contributed by atoms with van der Waals surface area (Å²) in [5.41, 5.74) is 1.27. The van der Waals surface area contributed by atoms with Gasteiger partial charge in [0.1, 0.15) is 0 Å². The number of piperidine rings is 1. The second kappa shape index (κ2) is 9.82. The molecule has 1 aromatic rings. The molecule has 9 atom stereocenters. The van der Waals surface area contributed by atoms with E-state index in [1.54, 1.807) is 0 Å². The quantitative estimate of drug-likeness (QED) is 0.380. The highest BCUT2D eigenvalue weighted by Crippen LogP contribution is 2.76. The fourth-order valence-electron chi connectivity index (χ4n) is 13.8. The maximum atomic E-state index is 14.7. The molecule has 0 spiro atoms. The van der Waals surface area contributed by atoms with Crippen molar-refractivity contribution in [1.29, 1.82) is 5.26 Å². The lowest BCUT2D eigenvalue weighted by atomic mass is 9.33. The van der Waals surface area contributed by atoms with Crippen molar-refractivity contribution in [3.63, 3.8) is 0 Å². The average molecular weight is 585 g/mol. The molecule has 6 aliphatic rings. The lowest BCUT2D eigenvalue weighted by molar-refractivity contribution is -0.236. The molecule has 234 valence electrons. The summed E-state index contributed by atoms with van der Waals surface area (Å²) in [5, 5.41) is 21.3. The third kappa shape index (κ3) is 3.91. The van der Waals surface area contributed by atoms with Crippen molar-refractivity contribution in [1.82, 2.24) is 4.90 Å². The third-order valence-corrected chi connectivity index (χ3v) is 16.0. The summed E-state index contributed by atoms with van der Waals surface area (Å²) in [6.45, 7) is 14.0. The van der Waals surface area contributed by atoms with Gasteiger partial charge in [-0.15, -0.1) is 0 Å². The van der Waals surface area contributed by atoms with E-state index in [1.807, 2.05) is 18.2 Å². The Morgan fingerprint density at radius 2 is 1.30 bits per heavy atom. The van der Waals surface area contributed by atoms with Gasteiger partial charge < -0.3 is 10.0 Å². The smallest absolute Gasteiger partial charge is 0.229 e.